The van der Waals surface area contributed by atoms with Crippen molar-refractivity contribution in [2.45, 2.75) is 6.61 Å². The lowest BCUT2D eigenvalue weighted by Crippen LogP contribution is -2.44. The molecule has 1 aliphatic heterocycles. The lowest BCUT2D eigenvalue weighted by molar-refractivity contribution is -0.123. The number of hydrazine groups is 1. The summed E-state index contributed by atoms with van der Waals surface area (Å²) in [5, 5.41) is 1.68. The van der Waals surface area contributed by atoms with Gasteiger partial charge in [-0.25, -0.2) is 0 Å². The molecular formula is C25H17Br2ClN2O4S2. The lowest BCUT2D eigenvalue weighted by Gasteiger charge is -2.15. The quantitative estimate of drug-likeness (QED) is 0.216. The SMILES string of the molecule is COc1cc(/C=C2\SC(=S)N(NC(=O)c3ccc(Br)cc3)C2=O)cc(Br)c1OCc1ccccc1Cl. The third-order valence-corrected chi connectivity index (χ3v) is 7.78. The number of rotatable bonds is 7. The molecule has 36 heavy (non-hydrogen) atoms. The molecule has 1 N–H and O–H groups in total. The van der Waals surface area contributed by atoms with E-state index in [4.69, 9.17) is 33.3 Å². The van der Waals surface area contributed by atoms with Gasteiger partial charge < -0.3 is 9.47 Å². The van der Waals surface area contributed by atoms with Crippen molar-refractivity contribution in [3.05, 3.63) is 96.2 Å². The van der Waals surface area contributed by atoms with Crippen molar-refractivity contribution in [2.75, 3.05) is 7.11 Å². The van der Waals surface area contributed by atoms with Crippen LogP contribution in [0.15, 0.2) is 74.5 Å². The number of nitrogens with zero attached hydrogens (tertiary/aromatic N) is 1. The van der Waals surface area contributed by atoms with Gasteiger partial charge in [0.1, 0.15) is 6.61 Å². The summed E-state index contributed by atoms with van der Waals surface area (Å²) in [6.45, 7) is 0.255. The van der Waals surface area contributed by atoms with Crippen molar-refractivity contribution in [1.82, 2.24) is 10.4 Å². The van der Waals surface area contributed by atoms with E-state index in [1.54, 1.807) is 48.5 Å². The van der Waals surface area contributed by atoms with Crippen LogP contribution in [0.1, 0.15) is 21.5 Å². The van der Waals surface area contributed by atoms with E-state index in [0.717, 1.165) is 26.8 Å². The summed E-state index contributed by atoms with van der Waals surface area (Å²) >= 11 is 19.5. The number of methoxy groups -OCH3 is 1. The zero-order valence-corrected chi connectivity index (χ0v) is 24.1. The average molecular weight is 669 g/mol. The number of thioether (sulfide) groups is 1. The number of hydrogen-bond donors (Lipinski definition) is 1. The van der Waals surface area contributed by atoms with Crippen LogP contribution in [0.3, 0.4) is 0 Å². The minimum atomic E-state index is -0.440. The average Bonchev–Trinajstić information content (AvgIpc) is 3.11. The molecule has 0 saturated carbocycles. The van der Waals surface area contributed by atoms with Gasteiger partial charge in [-0.15, -0.1) is 0 Å². The maximum Gasteiger partial charge on any atom is 0.285 e. The molecule has 1 aliphatic rings. The molecule has 0 bridgehead atoms. The van der Waals surface area contributed by atoms with Gasteiger partial charge in [0.25, 0.3) is 11.8 Å². The minimum absolute atomic E-state index is 0.224. The molecule has 1 fully saturated rings. The fourth-order valence-electron chi connectivity index (χ4n) is 3.21. The van der Waals surface area contributed by atoms with Gasteiger partial charge in [-0.3, -0.25) is 15.0 Å². The molecule has 0 unspecified atom stereocenters. The Balaban J connectivity index is 1.51. The number of ether oxygens (including phenoxy) is 2. The number of benzene rings is 3. The summed E-state index contributed by atoms with van der Waals surface area (Å²) in [4.78, 5) is 25.9. The van der Waals surface area contributed by atoms with E-state index in [1.807, 2.05) is 18.2 Å². The highest BCUT2D eigenvalue weighted by atomic mass is 79.9. The first-order valence-electron chi connectivity index (χ1n) is 10.3. The number of amides is 2. The molecule has 2 amide bonds. The van der Waals surface area contributed by atoms with Crippen LogP contribution in [-0.4, -0.2) is 28.3 Å². The summed E-state index contributed by atoms with van der Waals surface area (Å²) in [7, 11) is 1.53. The molecular weight excluding hydrogens is 652 g/mol. The molecule has 1 saturated heterocycles. The van der Waals surface area contributed by atoms with E-state index < -0.39 is 11.8 Å². The number of nitrogens with one attached hydrogen (secondary N) is 1. The zero-order chi connectivity index (χ0) is 25.8. The van der Waals surface area contributed by atoms with Crippen molar-refractivity contribution < 1.29 is 19.1 Å². The lowest BCUT2D eigenvalue weighted by atomic mass is 10.1. The maximum absolute atomic E-state index is 13.0. The second-order valence-corrected chi connectivity index (χ2v) is 11.2. The van der Waals surface area contributed by atoms with Gasteiger partial charge in [0.15, 0.2) is 15.8 Å². The Morgan fingerprint density at radius 3 is 2.58 bits per heavy atom. The van der Waals surface area contributed by atoms with Gasteiger partial charge in [-0.2, -0.15) is 5.01 Å². The first kappa shape index (κ1) is 26.7. The highest BCUT2D eigenvalue weighted by Gasteiger charge is 2.34. The van der Waals surface area contributed by atoms with Crippen LogP contribution in [0.25, 0.3) is 6.08 Å². The topological polar surface area (TPSA) is 67.9 Å². The number of thiocarbonyl (C=S) groups is 1. The Bertz CT molecular complexity index is 1380. The second kappa shape index (κ2) is 11.8. The van der Waals surface area contributed by atoms with Crippen LogP contribution in [0, 0.1) is 0 Å². The Hall–Kier alpha value is -2.37. The molecule has 0 radical (unpaired) electrons. The van der Waals surface area contributed by atoms with Gasteiger partial charge in [-0.05, 0) is 82.3 Å². The van der Waals surface area contributed by atoms with Crippen LogP contribution < -0.4 is 14.9 Å². The first-order chi connectivity index (χ1) is 17.3. The number of halogens is 3. The molecule has 1 heterocycles. The number of carbonyl (C=O) groups is 2. The van der Waals surface area contributed by atoms with Crippen molar-refractivity contribution >= 4 is 89.7 Å². The molecule has 184 valence electrons. The van der Waals surface area contributed by atoms with Gasteiger partial charge in [0.2, 0.25) is 0 Å². The van der Waals surface area contributed by atoms with Gasteiger partial charge >= 0.3 is 0 Å². The van der Waals surface area contributed by atoms with E-state index in [-0.39, 0.29) is 10.9 Å². The van der Waals surface area contributed by atoms with Crippen LogP contribution in [0.4, 0.5) is 0 Å². The van der Waals surface area contributed by atoms with E-state index in [0.29, 0.717) is 37.0 Å². The van der Waals surface area contributed by atoms with Crippen molar-refractivity contribution in [3.8, 4) is 11.5 Å². The standard InChI is InChI=1S/C25H17Br2ClN2O4S2/c1-33-20-11-14(10-18(27)22(20)34-13-16-4-2-3-5-19(16)28)12-21-24(32)30(25(35)36-21)29-23(31)15-6-8-17(26)9-7-15/h2-12H,13H2,1H3,(H,29,31)/b21-12-. The van der Waals surface area contributed by atoms with Crippen LogP contribution in [0.2, 0.25) is 5.02 Å². The molecule has 3 aromatic rings. The summed E-state index contributed by atoms with van der Waals surface area (Å²) in [5.41, 5.74) is 4.49. The van der Waals surface area contributed by atoms with Crippen molar-refractivity contribution in [3.63, 3.8) is 0 Å². The molecule has 0 atom stereocenters. The highest BCUT2D eigenvalue weighted by Crippen LogP contribution is 2.39. The Morgan fingerprint density at radius 2 is 1.89 bits per heavy atom. The number of hydrogen-bond acceptors (Lipinski definition) is 6. The molecule has 6 nitrogen and oxygen atoms in total. The largest absolute Gasteiger partial charge is 0.493 e. The molecule has 3 aromatic carbocycles. The molecule has 11 heteroatoms. The third kappa shape index (κ3) is 6.12. The Morgan fingerprint density at radius 1 is 1.17 bits per heavy atom. The summed E-state index contributed by atoms with van der Waals surface area (Å²) in [6.07, 6.45) is 1.68. The second-order valence-electron chi connectivity index (χ2n) is 7.38. The number of carbonyl (C=O) groups excluding carboxylic acids is 2. The summed E-state index contributed by atoms with van der Waals surface area (Å²) < 4.78 is 13.2. The Labute approximate surface area is 239 Å². The third-order valence-electron chi connectivity index (χ3n) is 4.99. The zero-order valence-electron chi connectivity index (χ0n) is 18.6. The highest BCUT2D eigenvalue weighted by molar-refractivity contribution is 9.10. The Kier molecular flexibility index (Phi) is 8.74. The molecule has 0 aromatic heterocycles. The van der Waals surface area contributed by atoms with E-state index >= 15 is 0 Å². The van der Waals surface area contributed by atoms with Gasteiger partial charge in [0.05, 0.1) is 16.5 Å². The molecule has 4 rings (SSSR count). The monoisotopic (exact) mass is 666 g/mol. The van der Waals surface area contributed by atoms with Gasteiger partial charge in [-0.1, -0.05) is 57.5 Å². The normalized spacial score (nSPS) is 14.3. The maximum atomic E-state index is 13.0. The summed E-state index contributed by atoms with van der Waals surface area (Å²) in [6, 6.07) is 17.7. The molecule has 0 aliphatic carbocycles. The first-order valence-corrected chi connectivity index (χ1v) is 13.5. The van der Waals surface area contributed by atoms with Crippen LogP contribution in [-0.2, 0) is 11.4 Å². The smallest absolute Gasteiger partial charge is 0.285 e. The molecule has 0 spiro atoms. The van der Waals surface area contributed by atoms with Gasteiger partial charge in [0, 0.05) is 20.6 Å². The fourth-order valence-corrected chi connectivity index (χ4v) is 5.42. The van der Waals surface area contributed by atoms with Crippen molar-refractivity contribution in [2.24, 2.45) is 0 Å². The van der Waals surface area contributed by atoms with Crippen LogP contribution >= 0.6 is 67.4 Å². The fraction of sp³-hybridized carbons (Fsp3) is 0.0800. The van der Waals surface area contributed by atoms with E-state index in [2.05, 4.69) is 37.3 Å². The van der Waals surface area contributed by atoms with E-state index in [1.165, 1.54) is 7.11 Å². The van der Waals surface area contributed by atoms with Crippen LogP contribution in [0.5, 0.6) is 11.5 Å². The minimum Gasteiger partial charge on any atom is -0.493 e. The predicted octanol–water partition coefficient (Wildman–Crippen LogP) is 7.00. The predicted molar refractivity (Wildman–Crippen MR) is 153 cm³/mol. The van der Waals surface area contributed by atoms with Crippen molar-refractivity contribution in [1.29, 1.82) is 0 Å². The summed E-state index contributed by atoms with van der Waals surface area (Å²) in [5.74, 6) is 0.111. The van der Waals surface area contributed by atoms with E-state index in [9.17, 15) is 9.59 Å².